The first-order valence-electron chi connectivity index (χ1n) is 9.84. The van der Waals surface area contributed by atoms with Crippen LogP contribution in [0.4, 0.5) is 13.2 Å². The molecule has 9 heteroatoms. The van der Waals surface area contributed by atoms with E-state index in [2.05, 4.69) is 9.88 Å². The van der Waals surface area contributed by atoms with Crippen LogP contribution in [0.2, 0.25) is 0 Å². The summed E-state index contributed by atoms with van der Waals surface area (Å²) >= 11 is 0. The minimum Gasteiger partial charge on any atom is -0.490 e. The van der Waals surface area contributed by atoms with E-state index in [-0.39, 0.29) is 11.7 Å². The normalized spacial score (nSPS) is 16.3. The van der Waals surface area contributed by atoms with Gasteiger partial charge in [-0.15, -0.1) is 0 Å². The van der Waals surface area contributed by atoms with Gasteiger partial charge in [0.2, 0.25) is 0 Å². The molecule has 30 heavy (non-hydrogen) atoms. The lowest BCUT2D eigenvalue weighted by Gasteiger charge is -2.32. The highest BCUT2D eigenvalue weighted by Crippen LogP contribution is 2.31. The minimum absolute atomic E-state index is 0.00517. The molecule has 6 nitrogen and oxygen atoms in total. The topological polar surface area (TPSA) is 52.3 Å². The third-order valence-corrected chi connectivity index (χ3v) is 5.37. The van der Waals surface area contributed by atoms with Crippen LogP contribution in [0.5, 0.6) is 5.75 Å². The predicted molar refractivity (Wildman–Crippen MR) is 106 cm³/mol. The fourth-order valence-electron chi connectivity index (χ4n) is 3.81. The first-order valence-corrected chi connectivity index (χ1v) is 9.84. The summed E-state index contributed by atoms with van der Waals surface area (Å²) < 4.78 is 47.1. The van der Waals surface area contributed by atoms with Gasteiger partial charge >= 0.3 is 6.18 Å². The number of ether oxygens (including phenoxy) is 1. The summed E-state index contributed by atoms with van der Waals surface area (Å²) in [5.41, 5.74) is 1.18. The number of piperidine rings is 1. The zero-order valence-corrected chi connectivity index (χ0v) is 16.6. The van der Waals surface area contributed by atoms with E-state index >= 15 is 0 Å². The molecule has 1 aliphatic rings. The fraction of sp³-hybridized carbons (Fsp3) is 0.429. The van der Waals surface area contributed by atoms with Crippen LogP contribution < -0.4 is 10.3 Å². The molecule has 2 aromatic heterocycles. The van der Waals surface area contributed by atoms with Crippen LogP contribution in [-0.4, -0.2) is 44.4 Å². The molecule has 0 N–H and O–H groups in total. The van der Waals surface area contributed by atoms with E-state index in [0.29, 0.717) is 23.2 Å². The summed E-state index contributed by atoms with van der Waals surface area (Å²) in [6, 6.07) is 8.42. The SMILES string of the molecule is Cn1cnc(CN2CCC(Oc3cccc4c3ccn4CC(F)(F)F)CC2)cc1=O. The maximum Gasteiger partial charge on any atom is 0.406 e. The molecular formula is C21H23F3N4O2. The number of alkyl halides is 3. The van der Waals surface area contributed by atoms with Crippen LogP contribution in [0, 0.1) is 0 Å². The fourth-order valence-corrected chi connectivity index (χ4v) is 3.81. The summed E-state index contributed by atoms with van der Waals surface area (Å²) in [4.78, 5) is 18.3. The largest absolute Gasteiger partial charge is 0.490 e. The molecule has 1 aliphatic heterocycles. The first-order chi connectivity index (χ1) is 14.3. The third-order valence-electron chi connectivity index (χ3n) is 5.37. The van der Waals surface area contributed by atoms with E-state index in [1.54, 1.807) is 37.4 Å². The number of halogens is 3. The summed E-state index contributed by atoms with van der Waals surface area (Å²) in [5.74, 6) is 0.611. The zero-order valence-electron chi connectivity index (χ0n) is 16.6. The van der Waals surface area contributed by atoms with E-state index in [1.807, 2.05) is 0 Å². The van der Waals surface area contributed by atoms with Gasteiger partial charge in [0.15, 0.2) is 0 Å². The highest BCUT2D eigenvalue weighted by Gasteiger charge is 2.28. The standard InChI is InChI=1S/C21H23F3N4O2/c1-26-14-25-15(11-20(26)29)12-27-8-5-16(6-9-27)30-19-4-2-3-18-17(19)7-10-28(18)13-21(22,23)24/h2-4,7,10-11,14,16H,5-6,8-9,12-13H2,1H3. The first kappa shape index (κ1) is 20.5. The number of likely N-dealkylation sites (tertiary alicyclic amines) is 1. The van der Waals surface area contributed by atoms with E-state index in [9.17, 15) is 18.0 Å². The molecule has 3 heterocycles. The molecule has 0 saturated carbocycles. The Bertz CT molecular complexity index is 1080. The molecule has 0 radical (unpaired) electrons. The quantitative estimate of drug-likeness (QED) is 0.635. The van der Waals surface area contributed by atoms with Crippen molar-refractivity contribution >= 4 is 10.9 Å². The van der Waals surface area contributed by atoms with Crippen molar-refractivity contribution < 1.29 is 17.9 Å². The van der Waals surface area contributed by atoms with Gasteiger partial charge in [0.05, 0.1) is 17.5 Å². The monoisotopic (exact) mass is 420 g/mol. The van der Waals surface area contributed by atoms with Crippen LogP contribution >= 0.6 is 0 Å². The van der Waals surface area contributed by atoms with E-state index < -0.39 is 12.7 Å². The van der Waals surface area contributed by atoms with Gasteiger partial charge in [0.1, 0.15) is 18.4 Å². The van der Waals surface area contributed by atoms with E-state index in [1.165, 1.54) is 21.7 Å². The number of hydrogen-bond donors (Lipinski definition) is 0. The molecule has 0 atom stereocenters. The Kier molecular flexibility index (Phi) is 5.55. The Balaban J connectivity index is 1.38. The highest BCUT2D eigenvalue weighted by molar-refractivity contribution is 5.86. The molecule has 0 aliphatic carbocycles. The summed E-state index contributed by atoms with van der Waals surface area (Å²) in [7, 11) is 1.67. The number of fused-ring (bicyclic) bond motifs is 1. The van der Waals surface area contributed by atoms with Crippen LogP contribution in [0.1, 0.15) is 18.5 Å². The Morgan fingerprint density at radius 3 is 2.67 bits per heavy atom. The van der Waals surface area contributed by atoms with Crippen LogP contribution in [0.3, 0.4) is 0 Å². The molecule has 0 bridgehead atoms. The van der Waals surface area contributed by atoms with Gasteiger partial charge in [0.25, 0.3) is 5.56 Å². The van der Waals surface area contributed by atoms with Crippen LogP contribution in [-0.2, 0) is 20.1 Å². The number of rotatable bonds is 5. The summed E-state index contributed by atoms with van der Waals surface area (Å²) in [6.45, 7) is 1.19. The van der Waals surface area contributed by atoms with Crippen LogP contribution in [0.15, 0.2) is 47.7 Å². The average Bonchev–Trinajstić information content (AvgIpc) is 3.09. The number of aromatic nitrogens is 3. The molecule has 0 amide bonds. The van der Waals surface area contributed by atoms with E-state index in [0.717, 1.165) is 31.6 Å². The third kappa shape index (κ3) is 4.67. The van der Waals surface area contributed by atoms with Gasteiger partial charge in [0, 0.05) is 44.3 Å². The number of benzene rings is 1. The molecule has 0 spiro atoms. The lowest BCUT2D eigenvalue weighted by Crippen LogP contribution is -2.38. The van der Waals surface area contributed by atoms with Gasteiger partial charge in [-0.2, -0.15) is 13.2 Å². The second-order valence-corrected chi connectivity index (χ2v) is 7.67. The Morgan fingerprint density at radius 2 is 1.97 bits per heavy atom. The smallest absolute Gasteiger partial charge is 0.406 e. The number of nitrogens with zero attached hydrogens (tertiary/aromatic N) is 4. The molecule has 1 aromatic carbocycles. The number of aryl methyl sites for hydroxylation is 1. The Labute approximate surface area is 171 Å². The lowest BCUT2D eigenvalue weighted by molar-refractivity contribution is -0.139. The average molecular weight is 420 g/mol. The van der Waals surface area contributed by atoms with Crippen molar-refractivity contribution in [1.29, 1.82) is 0 Å². The predicted octanol–water partition coefficient (Wildman–Crippen LogP) is 3.34. The minimum atomic E-state index is -4.27. The second kappa shape index (κ2) is 8.14. The van der Waals surface area contributed by atoms with E-state index in [4.69, 9.17) is 4.74 Å². The number of hydrogen-bond acceptors (Lipinski definition) is 4. The van der Waals surface area contributed by atoms with Gasteiger partial charge in [-0.3, -0.25) is 9.69 Å². The van der Waals surface area contributed by atoms with Gasteiger partial charge in [-0.05, 0) is 31.0 Å². The molecule has 1 saturated heterocycles. The maximum absolute atomic E-state index is 12.8. The molecule has 4 rings (SSSR count). The van der Waals surface area contributed by atoms with Gasteiger partial charge < -0.3 is 13.9 Å². The highest BCUT2D eigenvalue weighted by atomic mass is 19.4. The van der Waals surface area contributed by atoms with Crippen molar-refractivity contribution in [2.75, 3.05) is 13.1 Å². The Morgan fingerprint density at radius 1 is 1.20 bits per heavy atom. The zero-order chi connectivity index (χ0) is 21.3. The van der Waals surface area contributed by atoms with Crippen LogP contribution in [0.25, 0.3) is 10.9 Å². The van der Waals surface area contributed by atoms with Crippen molar-refractivity contribution in [2.24, 2.45) is 7.05 Å². The Hall–Kier alpha value is -2.81. The molecule has 1 fully saturated rings. The molecular weight excluding hydrogens is 397 g/mol. The molecule has 160 valence electrons. The molecule has 3 aromatic rings. The summed E-state index contributed by atoms with van der Waals surface area (Å²) in [5, 5.41) is 0.688. The van der Waals surface area contributed by atoms with Gasteiger partial charge in [-0.25, -0.2) is 4.98 Å². The van der Waals surface area contributed by atoms with Crippen molar-refractivity contribution in [3.63, 3.8) is 0 Å². The summed E-state index contributed by atoms with van der Waals surface area (Å²) in [6.07, 6.45) is 0.293. The molecule has 0 unspecified atom stereocenters. The van der Waals surface area contributed by atoms with Crippen molar-refractivity contribution in [3.8, 4) is 5.75 Å². The second-order valence-electron chi connectivity index (χ2n) is 7.67. The van der Waals surface area contributed by atoms with Crippen molar-refractivity contribution in [1.82, 2.24) is 19.0 Å². The lowest BCUT2D eigenvalue weighted by atomic mass is 10.1. The van der Waals surface area contributed by atoms with Gasteiger partial charge in [-0.1, -0.05) is 6.07 Å². The van der Waals surface area contributed by atoms with Crippen molar-refractivity contribution in [2.45, 2.75) is 38.2 Å². The van der Waals surface area contributed by atoms with Crippen molar-refractivity contribution in [3.05, 3.63) is 58.9 Å². The maximum atomic E-state index is 12.8.